The fourth-order valence-electron chi connectivity index (χ4n) is 1.77. The van der Waals surface area contributed by atoms with Crippen LogP contribution in [-0.2, 0) is 9.53 Å². The summed E-state index contributed by atoms with van der Waals surface area (Å²) in [6.07, 6.45) is 4.22. The number of hydrogen-bond acceptors (Lipinski definition) is 5. The molecule has 19 heavy (non-hydrogen) atoms. The standard InChI is InChI=1S/C11H14N4O4/c1-11(9(16)17)5-19-4-8(11)15-10(18)14-7-2-12-6-13-3-7/h2-3,6,8H,4-5H2,1H3,(H,16,17)(H2,14,15,18). The minimum Gasteiger partial charge on any atom is -0.481 e. The highest BCUT2D eigenvalue weighted by Crippen LogP contribution is 2.28. The highest BCUT2D eigenvalue weighted by atomic mass is 16.5. The third-order valence-electron chi connectivity index (χ3n) is 3.07. The first-order chi connectivity index (χ1) is 9.02. The smallest absolute Gasteiger partial charge is 0.319 e. The largest absolute Gasteiger partial charge is 0.481 e. The lowest BCUT2D eigenvalue weighted by Gasteiger charge is -2.25. The number of aliphatic carboxylic acids is 1. The van der Waals surface area contributed by atoms with Crippen LogP contribution < -0.4 is 10.6 Å². The topological polar surface area (TPSA) is 113 Å². The number of nitrogens with zero attached hydrogens (tertiary/aromatic N) is 2. The molecule has 2 amide bonds. The summed E-state index contributed by atoms with van der Waals surface area (Å²) in [5.41, 5.74) is -0.694. The van der Waals surface area contributed by atoms with Gasteiger partial charge in [-0.3, -0.25) is 4.79 Å². The first kappa shape index (κ1) is 13.2. The minimum atomic E-state index is -1.12. The van der Waals surface area contributed by atoms with Gasteiger partial charge in [-0.2, -0.15) is 0 Å². The molecule has 1 aromatic heterocycles. The molecule has 2 unspecified atom stereocenters. The summed E-state index contributed by atoms with van der Waals surface area (Å²) < 4.78 is 5.14. The molecule has 1 saturated heterocycles. The number of rotatable bonds is 3. The highest BCUT2D eigenvalue weighted by molar-refractivity contribution is 5.89. The molecule has 0 spiro atoms. The van der Waals surface area contributed by atoms with Crippen molar-refractivity contribution < 1.29 is 19.4 Å². The monoisotopic (exact) mass is 266 g/mol. The second kappa shape index (κ2) is 5.19. The van der Waals surface area contributed by atoms with Crippen molar-refractivity contribution >= 4 is 17.7 Å². The van der Waals surface area contributed by atoms with Gasteiger partial charge in [0, 0.05) is 0 Å². The van der Waals surface area contributed by atoms with Crippen LogP contribution in [0, 0.1) is 5.41 Å². The van der Waals surface area contributed by atoms with Gasteiger partial charge >= 0.3 is 12.0 Å². The Morgan fingerprint density at radius 3 is 2.79 bits per heavy atom. The Balaban J connectivity index is 1.97. The van der Waals surface area contributed by atoms with Crippen molar-refractivity contribution in [3.8, 4) is 0 Å². The quantitative estimate of drug-likeness (QED) is 0.714. The van der Waals surface area contributed by atoms with E-state index in [0.717, 1.165) is 0 Å². The van der Waals surface area contributed by atoms with Crippen LogP contribution in [-0.4, -0.2) is 46.3 Å². The van der Waals surface area contributed by atoms with Crippen molar-refractivity contribution in [2.24, 2.45) is 5.41 Å². The van der Waals surface area contributed by atoms with Crippen molar-refractivity contribution in [1.29, 1.82) is 0 Å². The predicted octanol–water partition coefficient (Wildman–Crippen LogP) is 0.0878. The summed E-state index contributed by atoms with van der Waals surface area (Å²) in [7, 11) is 0. The lowest BCUT2D eigenvalue weighted by Crippen LogP contribution is -2.50. The number of carboxylic acid groups (broad SMARTS) is 1. The van der Waals surface area contributed by atoms with Crippen molar-refractivity contribution in [3.63, 3.8) is 0 Å². The first-order valence-electron chi connectivity index (χ1n) is 5.66. The number of carbonyl (C=O) groups is 2. The molecule has 2 atom stereocenters. The Hall–Kier alpha value is -2.22. The van der Waals surface area contributed by atoms with Gasteiger partial charge in [0.05, 0.1) is 37.3 Å². The minimum absolute atomic E-state index is 0.0712. The average molecular weight is 266 g/mol. The molecule has 0 aliphatic carbocycles. The molecule has 1 fully saturated rings. The Kier molecular flexibility index (Phi) is 3.61. The Bertz CT molecular complexity index is 481. The maximum absolute atomic E-state index is 11.8. The predicted molar refractivity (Wildman–Crippen MR) is 64.5 cm³/mol. The molecule has 3 N–H and O–H groups in total. The molecule has 0 aromatic carbocycles. The second-order valence-corrected chi connectivity index (χ2v) is 4.52. The summed E-state index contributed by atoms with van der Waals surface area (Å²) in [4.78, 5) is 30.5. The molecule has 2 rings (SSSR count). The summed E-state index contributed by atoms with van der Waals surface area (Å²) in [5.74, 6) is -1.00. The van der Waals surface area contributed by atoms with Gasteiger partial charge < -0.3 is 20.5 Å². The SMILES string of the molecule is CC1(C(=O)O)COCC1NC(=O)Nc1cncnc1. The van der Waals surface area contributed by atoms with E-state index in [1.807, 2.05) is 0 Å². The molecule has 0 saturated carbocycles. The number of aromatic nitrogens is 2. The molecule has 102 valence electrons. The van der Waals surface area contributed by atoms with Gasteiger partial charge in [-0.1, -0.05) is 0 Å². The summed E-state index contributed by atoms with van der Waals surface area (Å²) in [6.45, 7) is 1.78. The third-order valence-corrected chi connectivity index (χ3v) is 3.07. The highest BCUT2D eigenvalue weighted by Gasteiger charge is 2.47. The van der Waals surface area contributed by atoms with E-state index in [-0.39, 0.29) is 13.2 Å². The molecule has 1 aromatic rings. The van der Waals surface area contributed by atoms with Crippen LogP contribution in [0.2, 0.25) is 0 Å². The zero-order valence-corrected chi connectivity index (χ0v) is 10.3. The Morgan fingerprint density at radius 2 is 2.16 bits per heavy atom. The summed E-state index contributed by atoms with van der Waals surface area (Å²) >= 11 is 0. The third kappa shape index (κ3) is 2.79. The molecule has 8 nitrogen and oxygen atoms in total. The van der Waals surface area contributed by atoms with Crippen LogP contribution in [0.1, 0.15) is 6.92 Å². The number of anilines is 1. The van der Waals surface area contributed by atoms with E-state index in [4.69, 9.17) is 4.74 Å². The van der Waals surface area contributed by atoms with Gasteiger partial charge in [0.15, 0.2) is 0 Å². The van der Waals surface area contributed by atoms with E-state index in [1.165, 1.54) is 18.7 Å². The molecule has 0 radical (unpaired) electrons. The fraction of sp³-hybridized carbons (Fsp3) is 0.455. The van der Waals surface area contributed by atoms with Gasteiger partial charge in [-0.05, 0) is 6.92 Å². The Morgan fingerprint density at radius 1 is 1.47 bits per heavy atom. The lowest BCUT2D eigenvalue weighted by atomic mass is 9.85. The molecular weight excluding hydrogens is 252 g/mol. The van der Waals surface area contributed by atoms with Crippen LogP contribution >= 0.6 is 0 Å². The van der Waals surface area contributed by atoms with E-state index in [0.29, 0.717) is 5.69 Å². The zero-order chi connectivity index (χ0) is 13.9. The van der Waals surface area contributed by atoms with Gasteiger partial charge in [0.25, 0.3) is 0 Å². The van der Waals surface area contributed by atoms with Crippen LogP contribution in [0.4, 0.5) is 10.5 Å². The molecule has 2 heterocycles. The molecule has 1 aliphatic heterocycles. The van der Waals surface area contributed by atoms with Crippen molar-refractivity contribution in [1.82, 2.24) is 15.3 Å². The summed E-state index contributed by atoms with van der Waals surface area (Å²) in [5, 5.41) is 14.3. The van der Waals surface area contributed by atoms with Gasteiger partial charge in [-0.15, -0.1) is 0 Å². The van der Waals surface area contributed by atoms with Crippen LogP contribution in [0.25, 0.3) is 0 Å². The average Bonchev–Trinajstić information content (AvgIpc) is 2.73. The van der Waals surface area contributed by atoms with E-state index >= 15 is 0 Å². The number of hydrogen-bond donors (Lipinski definition) is 3. The number of amides is 2. The Labute approximate surface area is 109 Å². The fourth-order valence-corrected chi connectivity index (χ4v) is 1.77. The second-order valence-electron chi connectivity index (χ2n) is 4.52. The summed E-state index contributed by atoms with van der Waals surface area (Å²) in [6, 6.07) is -1.10. The first-order valence-corrected chi connectivity index (χ1v) is 5.66. The normalized spacial score (nSPS) is 25.8. The zero-order valence-electron chi connectivity index (χ0n) is 10.3. The molecule has 8 heteroatoms. The lowest BCUT2D eigenvalue weighted by molar-refractivity contribution is -0.148. The van der Waals surface area contributed by atoms with Crippen molar-refractivity contribution in [2.45, 2.75) is 13.0 Å². The van der Waals surface area contributed by atoms with Crippen molar-refractivity contribution in [3.05, 3.63) is 18.7 Å². The number of ether oxygens (including phenoxy) is 1. The maximum Gasteiger partial charge on any atom is 0.319 e. The number of carbonyl (C=O) groups excluding carboxylic acids is 1. The van der Waals surface area contributed by atoms with E-state index in [2.05, 4.69) is 20.6 Å². The van der Waals surface area contributed by atoms with E-state index in [9.17, 15) is 14.7 Å². The van der Waals surface area contributed by atoms with E-state index in [1.54, 1.807) is 6.92 Å². The molecule has 1 aliphatic rings. The van der Waals surface area contributed by atoms with Gasteiger partial charge in [0.1, 0.15) is 11.7 Å². The van der Waals surface area contributed by atoms with Gasteiger partial charge in [-0.25, -0.2) is 14.8 Å². The molecule has 0 bridgehead atoms. The van der Waals surface area contributed by atoms with Crippen LogP contribution in [0.15, 0.2) is 18.7 Å². The number of urea groups is 1. The van der Waals surface area contributed by atoms with Crippen LogP contribution in [0.5, 0.6) is 0 Å². The number of carboxylic acids is 1. The van der Waals surface area contributed by atoms with E-state index < -0.39 is 23.5 Å². The maximum atomic E-state index is 11.8. The van der Waals surface area contributed by atoms with Crippen LogP contribution in [0.3, 0.4) is 0 Å². The van der Waals surface area contributed by atoms with Crippen molar-refractivity contribution in [2.75, 3.05) is 18.5 Å². The number of nitrogens with one attached hydrogen (secondary N) is 2. The molecular formula is C11H14N4O4. The van der Waals surface area contributed by atoms with Gasteiger partial charge in [0.2, 0.25) is 0 Å².